The van der Waals surface area contributed by atoms with Gasteiger partial charge in [0.2, 0.25) is 27.6 Å². The molecule has 14 heteroatoms. The van der Waals surface area contributed by atoms with Crippen molar-refractivity contribution in [3.63, 3.8) is 0 Å². The number of nitrogens with one attached hydrogen (secondary N) is 4. The van der Waals surface area contributed by atoms with Crippen LogP contribution in [0.25, 0.3) is 0 Å². The second-order valence-electron chi connectivity index (χ2n) is 17.7. The molecule has 5 atom stereocenters. The van der Waals surface area contributed by atoms with Gasteiger partial charge in [-0.1, -0.05) is 80.6 Å². The van der Waals surface area contributed by atoms with E-state index in [0.29, 0.717) is 44.8 Å². The zero-order chi connectivity index (χ0) is 37.5. The Balaban J connectivity index is 1.33. The number of amides is 5. The summed E-state index contributed by atoms with van der Waals surface area (Å²) in [4.78, 5) is 70.2. The number of carbonyl (C=O) groups excluding carboxylic acids is 5. The first-order valence-electron chi connectivity index (χ1n) is 19.4. The van der Waals surface area contributed by atoms with Crippen LogP contribution in [-0.4, -0.2) is 102 Å². The molecular formula is C37H62N6O7S. The molecule has 5 rings (SSSR count). The summed E-state index contributed by atoms with van der Waals surface area (Å²) in [5, 5.41) is 11.6. The molecule has 0 aromatic heterocycles. The summed E-state index contributed by atoms with van der Waals surface area (Å²) < 4.78 is 28.2. The molecule has 0 unspecified atom stereocenters. The van der Waals surface area contributed by atoms with Crippen molar-refractivity contribution in [1.29, 1.82) is 0 Å². The molecule has 1 aliphatic heterocycles. The van der Waals surface area contributed by atoms with Crippen LogP contribution in [0.3, 0.4) is 0 Å². The van der Waals surface area contributed by atoms with Crippen molar-refractivity contribution >= 4 is 39.6 Å². The number of fused-ring (bicyclic) bond motifs is 1. The lowest BCUT2D eigenvalue weighted by Crippen LogP contribution is -2.64. The number of Topliss-reactive ketones (excluding diaryl/α,β-unsaturated/α-hetero) is 1. The van der Waals surface area contributed by atoms with Crippen LogP contribution >= 0.6 is 0 Å². The van der Waals surface area contributed by atoms with Crippen LogP contribution < -0.4 is 21.3 Å². The molecule has 0 radical (unpaired) electrons. The number of carbonyl (C=O) groups is 5. The second-order valence-corrected chi connectivity index (χ2v) is 19.6. The molecule has 4 saturated carbocycles. The van der Waals surface area contributed by atoms with E-state index in [4.69, 9.17) is 0 Å². The Hall–Kier alpha value is -2.74. The van der Waals surface area contributed by atoms with Gasteiger partial charge in [-0.05, 0) is 67.1 Å². The number of hydrogen-bond donors (Lipinski definition) is 4. The van der Waals surface area contributed by atoms with Crippen molar-refractivity contribution in [3.05, 3.63) is 0 Å². The molecule has 4 N–H and O–H groups in total. The first-order valence-corrected chi connectivity index (χ1v) is 21.0. The van der Waals surface area contributed by atoms with E-state index in [1.165, 1.54) is 4.31 Å². The van der Waals surface area contributed by atoms with Crippen molar-refractivity contribution in [2.24, 2.45) is 28.6 Å². The Morgan fingerprint density at radius 3 is 2.10 bits per heavy atom. The Labute approximate surface area is 304 Å². The highest BCUT2D eigenvalue weighted by Crippen LogP contribution is 2.65. The van der Waals surface area contributed by atoms with E-state index >= 15 is 0 Å². The van der Waals surface area contributed by atoms with E-state index in [9.17, 15) is 32.4 Å². The molecule has 5 aliphatic rings. The average Bonchev–Trinajstić information content (AvgIpc) is 4.00. The summed E-state index contributed by atoms with van der Waals surface area (Å²) in [7, 11) is -3.65. The quantitative estimate of drug-likeness (QED) is 0.176. The number of nitrogens with zero attached hydrogens (tertiary/aromatic N) is 2. The molecule has 0 aromatic carbocycles. The summed E-state index contributed by atoms with van der Waals surface area (Å²) in [6.07, 6.45) is 8.49. The molecule has 1 saturated heterocycles. The third kappa shape index (κ3) is 9.08. The minimum atomic E-state index is -3.65. The number of urea groups is 1. The van der Waals surface area contributed by atoms with E-state index in [1.807, 2.05) is 20.8 Å². The summed E-state index contributed by atoms with van der Waals surface area (Å²) in [5.74, 6) is -1.95. The molecule has 0 bridgehead atoms. The molecule has 0 aromatic rings. The van der Waals surface area contributed by atoms with Crippen molar-refractivity contribution in [2.75, 3.05) is 25.4 Å². The Morgan fingerprint density at radius 2 is 1.55 bits per heavy atom. The van der Waals surface area contributed by atoms with Gasteiger partial charge in [-0.2, -0.15) is 0 Å². The lowest BCUT2D eigenvalue weighted by atomic mass is 9.83. The van der Waals surface area contributed by atoms with Crippen LogP contribution in [0.15, 0.2) is 0 Å². The van der Waals surface area contributed by atoms with Crippen molar-refractivity contribution < 1.29 is 32.4 Å². The highest BCUT2D eigenvalue weighted by Gasteiger charge is 2.70. The first kappa shape index (κ1) is 39.5. The number of likely N-dealkylation sites (tertiary alicyclic amines) is 1. The van der Waals surface area contributed by atoms with Crippen molar-refractivity contribution in [1.82, 2.24) is 30.5 Å². The number of piperidine rings is 1. The van der Waals surface area contributed by atoms with Gasteiger partial charge in [0.15, 0.2) is 0 Å². The fourth-order valence-electron chi connectivity index (χ4n) is 8.60. The number of ketones is 1. The molecule has 288 valence electrons. The molecule has 4 aliphatic carbocycles. The highest BCUT2D eigenvalue weighted by atomic mass is 32.2. The maximum Gasteiger partial charge on any atom is 0.315 e. The smallest absolute Gasteiger partial charge is 0.315 e. The molecule has 5 fully saturated rings. The topological polar surface area (TPSA) is 174 Å². The van der Waals surface area contributed by atoms with E-state index in [0.717, 1.165) is 51.4 Å². The van der Waals surface area contributed by atoms with Crippen molar-refractivity contribution in [3.8, 4) is 0 Å². The number of sulfonamides is 1. The SMILES string of the molecule is CCN(CC)S(=O)(=O)CC1(NC(=O)N[C@H](C(=O)N2C[C@H]3[C@@H]([C@H]2C(=O)N[C@@H](CCC2CC2)C(=O)C(=O)NC2CC2)C3(C)C)C(C)(C)C)CCCCC1. The summed E-state index contributed by atoms with van der Waals surface area (Å²) in [5.41, 5.74) is -1.92. The largest absolute Gasteiger partial charge is 0.347 e. The maximum absolute atomic E-state index is 14.5. The van der Waals surface area contributed by atoms with Gasteiger partial charge in [0.05, 0.1) is 17.3 Å². The van der Waals surface area contributed by atoms with E-state index < -0.39 is 68.6 Å². The van der Waals surface area contributed by atoms with Gasteiger partial charge in [-0.15, -0.1) is 0 Å². The third-order valence-corrected chi connectivity index (χ3v) is 14.4. The van der Waals surface area contributed by atoms with E-state index in [1.54, 1.807) is 18.7 Å². The molecule has 5 amide bonds. The predicted octanol–water partition coefficient (Wildman–Crippen LogP) is 3.08. The van der Waals surface area contributed by atoms with Gasteiger partial charge in [0.1, 0.15) is 12.1 Å². The fourth-order valence-corrected chi connectivity index (χ4v) is 10.6. The molecule has 1 heterocycles. The summed E-state index contributed by atoms with van der Waals surface area (Å²) >= 11 is 0. The van der Waals surface area contributed by atoms with Crippen LogP contribution in [0.2, 0.25) is 0 Å². The van der Waals surface area contributed by atoms with Crippen LogP contribution in [0.1, 0.15) is 119 Å². The Kier molecular flexibility index (Phi) is 11.6. The molecule has 0 spiro atoms. The van der Waals surface area contributed by atoms with Gasteiger partial charge < -0.3 is 26.2 Å². The van der Waals surface area contributed by atoms with E-state index in [2.05, 4.69) is 35.1 Å². The standard InChI is InChI=1S/C37H62N6O7S/c1-8-42(9-2)51(49,50)22-37(19-11-10-12-20-37)41-34(48)40-30(35(3,4)5)33(47)43-21-25-27(36(25,6)7)28(43)31(45)39-26(18-15-23-13-14-23)29(44)32(46)38-24-16-17-24/h23-28,30H,8-22H2,1-7H3,(H,38,46)(H,39,45)(H2,40,41,48)/t25-,26-,27-,28-,30+/m0/s1. The predicted molar refractivity (Wildman–Crippen MR) is 194 cm³/mol. The van der Waals surface area contributed by atoms with Crippen molar-refractivity contribution in [2.45, 2.75) is 149 Å². The third-order valence-electron chi connectivity index (χ3n) is 12.2. The lowest BCUT2D eigenvalue weighted by Gasteiger charge is -2.41. The van der Waals surface area contributed by atoms with E-state index in [-0.39, 0.29) is 29.0 Å². The van der Waals surface area contributed by atoms with Crippen LogP contribution in [0.5, 0.6) is 0 Å². The van der Waals surface area contributed by atoms with Crippen LogP contribution in [0.4, 0.5) is 4.79 Å². The second kappa shape index (κ2) is 14.9. The number of hydrogen-bond acceptors (Lipinski definition) is 7. The monoisotopic (exact) mass is 734 g/mol. The van der Waals surface area contributed by atoms with Gasteiger partial charge in [-0.25, -0.2) is 17.5 Å². The van der Waals surface area contributed by atoms with Crippen LogP contribution in [0, 0.1) is 28.6 Å². The molecular weight excluding hydrogens is 673 g/mol. The fraction of sp³-hybridized carbons (Fsp3) is 0.865. The zero-order valence-electron chi connectivity index (χ0n) is 31.8. The minimum Gasteiger partial charge on any atom is -0.347 e. The van der Waals surface area contributed by atoms with Gasteiger partial charge >= 0.3 is 6.03 Å². The van der Waals surface area contributed by atoms with Crippen LogP contribution in [-0.2, 0) is 29.2 Å². The van der Waals surface area contributed by atoms with Gasteiger partial charge in [0, 0.05) is 25.7 Å². The number of rotatable bonds is 16. The highest BCUT2D eigenvalue weighted by molar-refractivity contribution is 7.89. The first-order chi connectivity index (χ1) is 23.8. The Bertz CT molecular complexity index is 1460. The zero-order valence-corrected chi connectivity index (χ0v) is 32.6. The van der Waals surface area contributed by atoms with Gasteiger partial charge in [0.25, 0.3) is 5.91 Å². The summed E-state index contributed by atoms with van der Waals surface area (Å²) in [6, 6.07) is -3.46. The van der Waals surface area contributed by atoms with Gasteiger partial charge in [-0.3, -0.25) is 19.2 Å². The maximum atomic E-state index is 14.5. The normalized spacial score (nSPS) is 26.4. The average molecular weight is 735 g/mol. The lowest BCUT2D eigenvalue weighted by molar-refractivity contribution is -0.145. The Morgan fingerprint density at radius 1 is 0.922 bits per heavy atom. The minimum absolute atomic E-state index is 0.0102. The molecule has 13 nitrogen and oxygen atoms in total. The summed E-state index contributed by atoms with van der Waals surface area (Å²) in [6.45, 7) is 14.3. The molecule has 51 heavy (non-hydrogen) atoms.